The van der Waals surface area contributed by atoms with Crippen molar-refractivity contribution in [1.29, 1.82) is 0 Å². The Morgan fingerprint density at radius 2 is 1.69 bits per heavy atom. The normalized spacial score (nSPS) is 10.8. The molecule has 0 saturated carbocycles. The maximum atomic E-state index is 13.3. The van der Waals surface area contributed by atoms with E-state index in [0.717, 1.165) is 29.2 Å². The Morgan fingerprint density at radius 3 is 2.27 bits per heavy atom. The van der Waals surface area contributed by atoms with Crippen molar-refractivity contribution in [2.24, 2.45) is 0 Å². The summed E-state index contributed by atoms with van der Waals surface area (Å²) in [5, 5.41) is 7.36. The minimum atomic E-state index is -1.14. The fraction of sp³-hybridized carbons (Fsp3) is 0.111. The molecule has 0 atom stereocenters. The molecular weight excluding hydrogens is 383 g/mol. The number of carbonyl (C=O) groups is 1. The third kappa shape index (κ3) is 3.43. The summed E-state index contributed by atoms with van der Waals surface area (Å²) >= 11 is 12.0. The Hall–Kier alpha value is -2.44. The van der Waals surface area contributed by atoms with Crippen molar-refractivity contribution in [2.45, 2.75) is 13.8 Å². The molecule has 134 valence electrons. The average Bonchev–Trinajstić information content (AvgIpc) is 2.86. The van der Waals surface area contributed by atoms with Gasteiger partial charge in [0, 0.05) is 5.69 Å². The monoisotopic (exact) mass is 395 g/mol. The van der Waals surface area contributed by atoms with Crippen LogP contribution >= 0.6 is 23.2 Å². The molecule has 0 bridgehead atoms. The summed E-state index contributed by atoms with van der Waals surface area (Å²) in [6, 6.07) is 8.34. The first-order valence-electron chi connectivity index (χ1n) is 7.56. The molecule has 0 spiro atoms. The molecule has 1 heterocycles. The average molecular weight is 396 g/mol. The molecule has 1 amide bonds. The van der Waals surface area contributed by atoms with Gasteiger partial charge in [-0.3, -0.25) is 4.79 Å². The topological polar surface area (TPSA) is 46.9 Å². The number of anilines is 1. The second-order valence-electron chi connectivity index (χ2n) is 5.64. The number of carbonyl (C=O) groups excluding carboxylic acids is 1. The van der Waals surface area contributed by atoms with Gasteiger partial charge in [0.05, 0.1) is 32.7 Å². The summed E-state index contributed by atoms with van der Waals surface area (Å²) in [4.78, 5) is 12.2. The molecule has 4 nitrogen and oxygen atoms in total. The van der Waals surface area contributed by atoms with Crippen LogP contribution in [-0.4, -0.2) is 15.7 Å². The number of amides is 1. The number of halogens is 4. The predicted molar refractivity (Wildman–Crippen MR) is 97.4 cm³/mol. The maximum Gasteiger partial charge on any atom is 0.257 e. The Balaban J connectivity index is 1.82. The van der Waals surface area contributed by atoms with Crippen LogP contribution < -0.4 is 5.32 Å². The van der Waals surface area contributed by atoms with E-state index in [4.69, 9.17) is 23.2 Å². The Labute approximate surface area is 158 Å². The second-order valence-corrected chi connectivity index (χ2v) is 6.43. The molecule has 26 heavy (non-hydrogen) atoms. The van der Waals surface area contributed by atoms with Crippen LogP contribution in [0.1, 0.15) is 21.7 Å². The number of nitrogens with zero attached hydrogens (tertiary/aromatic N) is 2. The third-order valence-corrected chi connectivity index (χ3v) is 4.69. The lowest BCUT2D eigenvalue weighted by Crippen LogP contribution is -2.13. The van der Waals surface area contributed by atoms with Crippen molar-refractivity contribution in [3.05, 3.63) is 75.0 Å². The first-order chi connectivity index (χ1) is 12.3. The van der Waals surface area contributed by atoms with E-state index in [-0.39, 0.29) is 10.6 Å². The van der Waals surface area contributed by atoms with Gasteiger partial charge in [-0.2, -0.15) is 5.10 Å². The highest BCUT2D eigenvalue weighted by molar-refractivity contribution is 6.34. The predicted octanol–water partition coefficient (Wildman–Crippen LogP) is 5.33. The van der Waals surface area contributed by atoms with Crippen molar-refractivity contribution < 1.29 is 13.6 Å². The smallest absolute Gasteiger partial charge is 0.257 e. The number of nitrogens with one attached hydrogen (secondary N) is 1. The molecule has 0 aliphatic heterocycles. The Kier molecular flexibility index (Phi) is 4.98. The number of aromatic nitrogens is 2. The van der Waals surface area contributed by atoms with Crippen molar-refractivity contribution in [2.75, 3.05) is 5.32 Å². The zero-order valence-electron chi connectivity index (χ0n) is 13.8. The summed E-state index contributed by atoms with van der Waals surface area (Å²) < 4.78 is 28.1. The number of rotatable bonds is 3. The SMILES string of the molecule is Cc1nn(-c2ccc(NC(=O)c3cc(F)c(F)cc3Cl)cc2)c(C)c1Cl. The van der Waals surface area contributed by atoms with Crippen LogP contribution in [0.5, 0.6) is 0 Å². The van der Waals surface area contributed by atoms with Gasteiger partial charge in [0.1, 0.15) is 0 Å². The number of benzene rings is 2. The molecule has 1 aromatic heterocycles. The summed E-state index contributed by atoms with van der Waals surface area (Å²) in [6.07, 6.45) is 0. The van der Waals surface area contributed by atoms with E-state index in [2.05, 4.69) is 10.4 Å². The van der Waals surface area contributed by atoms with E-state index in [1.54, 1.807) is 28.9 Å². The fourth-order valence-corrected chi connectivity index (χ4v) is 2.81. The van der Waals surface area contributed by atoms with Crippen LogP contribution in [0.15, 0.2) is 36.4 Å². The van der Waals surface area contributed by atoms with E-state index in [9.17, 15) is 13.6 Å². The first-order valence-corrected chi connectivity index (χ1v) is 8.31. The first kappa shape index (κ1) is 18.4. The lowest BCUT2D eigenvalue weighted by Gasteiger charge is -2.09. The van der Waals surface area contributed by atoms with Crippen LogP contribution in [0.3, 0.4) is 0 Å². The van der Waals surface area contributed by atoms with E-state index >= 15 is 0 Å². The lowest BCUT2D eigenvalue weighted by molar-refractivity contribution is 0.102. The third-order valence-electron chi connectivity index (χ3n) is 3.83. The largest absolute Gasteiger partial charge is 0.322 e. The van der Waals surface area contributed by atoms with Gasteiger partial charge < -0.3 is 5.32 Å². The zero-order valence-corrected chi connectivity index (χ0v) is 15.3. The summed E-state index contributed by atoms with van der Waals surface area (Å²) in [6.45, 7) is 3.66. The molecule has 0 unspecified atom stereocenters. The lowest BCUT2D eigenvalue weighted by atomic mass is 10.2. The molecule has 0 saturated heterocycles. The molecule has 2 aromatic carbocycles. The minimum Gasteiger partial charge on any atom is -0.322 e. The second kappa shape index (κ2) is 7.05. The maximum absolute atomic E-state index is 13.3. The standard InChI is InChI=1S/C18H13Cl2F2N3O/c1-9-17(20)10(2)25(24-9)12-5-3-11(4-6-12)23-18(26)13-7-15(21)16(22)8-14(13)19/h3-8H,1-2H3,(H,23,26). The fourth-order valence-electron chi connectivity index (χ4n) is 2.46. The van der Waals surface area contributed by atoms with Crippen LogP contribution in [0.2, 0.25) is 10.0 Å². The molecule has 8 heteroatoms. The van der Waals surface area contributed by atoms with Gasteiger partial charge in [-0.25, -0.2) is 13.5 Å². The summed E-state index contributed by atoms with van der Waals surface area (Å²) in [5.41, 5.74) is 2.59. The van der Waals surface area contributed by atoms with Gasteiger partial charge in [-0.05, 0) is 50.2 Å². The quantitative estimate of drug-likeness (QED) is 0.609. The van der Waals surface area contributed by atoms with Crippen molar-refractivity contribution in [3.8, 4) is 5.69 Å². The van der Waals surface area contributed by atoms with Crippen molar-refractivity contribution in [3.63, 3.8) is 0 Å². The van der Waals surface area contributed by atoms with Gasteiger partial charge in [0.2, 0.25) is 0 Å². The molecular formula is C18H13Cl2F2N3O. The van der Waals surface area contributed by atoms with Gasteiger partial charge in [0.25, 0.3) is 5.91 Å². The van der Waals surface area contributed by atoms with Crippen LogP contribution in [0.4, 0.5) is 14.5 Å². The van der Waals surface area contributed by atoms with Gasteiger partial charge in [0.15, 0.2) is 11.6 Å². The minimum absolute atomic E-state index is 0.153. The molecule has 1 N–H and O–H groups in total. The van der Waals surface area contributed by atoms with Crippen LogP contribution in [0.25, 0.3) is 5.69 Å². The van der Waals surface area contributed by atoms with Crippen molar-refractivity contribution >= 4 is 34.8 Å². The van der Waals surface area contributed by atoms with E-state index in [1.165, 1.54) is 0 Å². The molecule has 0 aliphatic rings. The van der Waals surface area contributed by atoms with E-state index in [0.29, 0.717) is 10.7 Å². The Bertz CT molecular complexity index is 1000. The number of hydrogen-bond donors (Lipinski definition) is 1. The highest BCUT2D eigenvalue weighted by Gasteiger charge is 2.16. The highest BCUT2D eigenvalue weighted by Crippen LogP contribution is 2.24. The summed E-state index contributed by atoms with van der Waals surface area (Å²) in [5.74, 6) is -2.90. The molecule has 3 aromatic rings. The Morgan fingerprint density at radius 1 is 1.08 bits per heavy atom. The van der Waals surface area contributed by atoms with Gasteiger partial charge >= 0.3 is 0 Å². The van der Waals surface area contributed by atoms with Gasteiger partial charge in [-0.1, -0.05) is 23.2 Å². The molecule has 0 radical (unpaired) electrons. The summed E-state index contributed by atoms with van der Waals surface area (Å²) in [7, 11) is 0. The van der Waals surface area contributed by atoms with Crippen LogP contribution in [0, 0.1) is 25.5 Å². The molecule has 0 aliphatic carbocycles. The molecule has 0 fully saturated rings. The van der Waals surface area contributed by atoms with Crippen molar-refractivity contribution in [1.82, 2.24) is 9.78 Å². The van der Waals surface area contributed by atoms with E-state index < -0.39 is 17.5 Å². The highest BCUT2D eigenvalue weighted by atomic mass is 35.5. The number of hydrogen-bond acceptors (Lipinski definition) is 2. The zero-order chi connectivity index (χ0) is 19.0. The van der Waals surface area contributed by atoms with Gasteiger partial charge in [-0.15, -0.1) is 0 Å². The number of aryl methyl sites for hydroxylation is 1. The molecule has 3 rings (SSSR count). The van der Waals surface area contributed by atoms with Crippen LogP contribution in [-0.2, 0) is 0 Å². The van der Waals surface area contributed by atoms with E-state index in [1.807, 2.05) is 13.8 Å².